The molecule has 0 aliphatic rings. The molecule has 40 heavy (non-hydrogen) atoms. The number of amides is 2. The summed E-state index contributed by atoms with van der Waals surface area (Å²) in [5.74, 6) is -1.46. The maximum atomic E-state index is 14.0. The minimum atomic E-state index is -3.97. The van der Waals surface area contributed by atoms with Crippen LogP contribution in [0.4, 0.5) is 10.1 Å². The Bertz CT molecular complexity index is 1400. The summed E-state index contributed by atoms with van der Waals surface area (Å²) in [6.07, 6.45) is 1.82. The lowest BCUT2D eigenvalue weighted by atomic mass is 10.0. The highest BCUT2D eigenvalue weighted by Gasteiger charge is 2.33. The number of carbonyl (C=O) groups is 2. The molecule has 3 aromatic rings. The number of sulfonamides is 1. The van der Waals surface area contributed by atoms with Gasteiger partial charge < -0.3 is 10.2 Å². The van der Waals surface area contributed by atoms with Crippen molar-refractivity contribution in [2.24, 2.45) is 0 Å². The average molecular weight is 609 g/mol. The van der Waals surface area contributed by atoms with Crippen LogP contribution in [0, 0.1) is 5.82 Å². The summed E-state index contributed by atoms with van der Waals surface area (Å²) in [5.41, 5.74) is 1.49. The van der Waals surface area contributed by atoms with Crippen LogP contribution in [0.3, 0.4) is 0 Å². The predicted octanol–water partition coefficient (Wildman–Crippen LogP) is 5.45. The first kappa shape index (κ1) is 31.4. The minimum Gasteiger partial charge on any atom is -0.352 e. The summed E-state index contributed by atoms with van der Waals surface area (Å²) in [6.45, 7) is 3.12. The number of anilines is 1. The number of nitrogens with one attached hydrogen (secondary N) is 1. The SMILES string of the molecule is CC[C@@H](C)NC(=O)[C@@H](Cc1ccccc1)N(Cc1ccc(F)cc1)C(=O)CN(c1cc(Cl)cc(Cl)c1)S(C)(=O)=O. The fraction of sp³-hybridized carbons (Fsp3) is 0.310. The lowest BCUT2D eigenvalue weighted by Crippen LogP contribution is -2.54. The van der Waals surface area contributed by atoms with Crippen molar-refractivity contribution in [1.82, 2.24) is 10.2 Å². The van der Waals surface area contributed by atoms with Crippen molar-refractivity contribution in [3.63, 3.8) is 0 Å². The van der Waals surface area contributed by atoms with Crippen molar-refractivity contribution >= 4 is 50.7 Å². The van der Waals surface area contributed by atoms with Gasteiger partial charge in [0.05, 0.1) is 11.9 Å². The van der Waals surface area contributed by atoms with E-state index in [4.69, 9.17) is 23.2 Å². The zero-order valence-corrected chi connectivity index (χ0v) is 24.8. The van der Waals surface area contributed by atoms with Crippen molar-refractivity contribution in [3.8, 4) is 0 Å². The first-order valence-corrected chi connectivity index (χ1v) is 15.3. The van der Waals surface area contributed by atoms with Gasteiger partial charge in [-0.2, -0.15) is 0 Å². The first-order chi connectivity index (χ1) is 18.9. The number of nitrogens with zero attached hydrogens (tertiary/aromatic N) is 2. The van der Waals surface area contributed by atoms with Crippen molar-refractivity contribution in [2.45, 2.75) is 45.3 Å². The Labute approximate surface area is 244 Å². The van der Waals surface area contributed by atoms with Crippen LogP contribution >= 0.6 is 23.2 Å². The molecular formula is C29H32Cl2FN3O4S. The van der Waals surface area contributed by atoms with E-state index in [1.807, 2.05) is 44.2 Å². The van der Waals surface area contributed by atoms with E-state index < -0.39 is 34.3 Å². The quantitative estimate of drug-likeness (QED) is 0.296. The summed E-state index contributed by atoms with van der Waals surface area (Å²) in [5, 5.41) is 3.34. The van der Waals surface area contributed by atoms with Gasteiger partial charge in [0.1, 0.15) is 18.4 Å². The van der Waals surface area contributed by atoms with Crippen molar-refractivity contribution < 1.29 is 22.4 Å². The molecule has 0 aliphatic heterocycles. The highest BCUT2D eigenvalue weighted by Crippen LogP contribution is 2.27. The fourth-order valence-corrected chi connectivity index (χ4v) is 5.43. The molecule has 11 heteroatoms. The molecule has 2 amide bonds. The molecule has 0 saturated carbocycles. The van der Waals surface area contributed by atoms with Crippen LogP contribution in [0.5, 0.6) is 0 Å². The van der Waals surface area contributed by atoms with E-state index in [1.54, 1.807) is 0 Å². The highest BCUT2D eigenvalue weighted by molar-refractivity contribution is 7.92. The van der Waals surface area contributed by atoms with Crippen LogP contribution in [0.25, 0.3) is 0 Å². The average Bonchev–Trinajstić information content (AvgIpc) is 2.89. The molecule has 3 rings (SSSR count). The monoisotopic (exact) mass is 607 g/mol. The van der Waals surface area contributed by atoms with Gasteiger partial charge in [0.25, 0.3) is 0 Å². The third-order valence-corrected chi connectivity index (χ3v) is 7.93. The van der Waals surface area contributed by atoms with Gasteiger partial charge in [-0.05, 0) is 54.8 Å². The van der Waals surface area contributed by atoms with Crippen LogP contribution in [0.15, 0.2) is 72.8 Å². The lowest BCUT2D eigenvalue weighted by Gasteiger charge is -2.34. The molecule has 0 unspecified atom stereocenters. The summed E-state index contributed by atoms with van der Waals surface area (Å²) in [6, 6.07) is 17.9. The molecule has 1 N–H and O–H groups in total. The Kier molecular flexibility index (Phi) is 11.0. The molecule has 214 valence electrons. The number of benzene rings is 3. The molecule has 0 aromatic heterocycles. The Morgan fingerprint density at radius 3 is 2.10 bits per heavy atom. The van der Waals surface area contributed by atoms with Crippen LogP contribution in [-0.2, 0) is 32.6 Å². The Morgan fingerprint density at radius 2 is 1.55 bits per heavy atom. The van der Waals surface area contributed by atoms with Crippen LogP contribution in [0.1, 0.15) is 31.4 Å². The molecule has 0 spiro atoms. The maximum Gasteiger partial charge on any atom is 0.244 e. The normalized spacial score (nSPS) is 12.8. The Morgan fingerprint density at radius 1 is 0.950 bits per heavy atom. The van der Waals surface area contributed by atoms with Crippen LogP contribution < -0.4 is 9.62 Å². The van der Waals surface area contributed by atoms with Crippen LogP contribution in [-0.4, -0.2) is 50.0 Å². The molecule has 0 aliphatic carbocycles. The third kappa shape index (κ3) is 8.94. The van der Waals surface area contributed by atoms with E-state index in [-0.39, 0.29) is 40.6 Å². The maximum absolute atomic E-state index is 14.0. The number of rotatable bonds is 12. The molecular weight excluding hydrogens is 576 g/mol. The van der Waals surface area contributed by atoms with Crippen molar-refractivity contribution in [2.75, 3.05) is 17.1 Å². The lowest BCUT2D eigenvalue weighted by molar-refractivity contribution is -0.140. The van der Waals surface area contributed by atoms with Gasteiger partial charge in [-0.1, -0.05) is 72.6 Å². The third-order valence-electron chi connectivity index (χ3n) is 6.35. The van der Waals surface area contributed by atoms with Crippen molar-refractivity contribution in [3.05, 3.63) is 99.8 Å². The summed E-state index contributed by atoms with van der Waals surface area (Å²) in [4.78, 5) is 29.0. The van der Waals surface area contributed by atoms with E-state index >= 15 is 0 Å². The van der Waals surface area contributed by atoms with E-state index in [1.165, 1.54) is 47.4 Å². The van der Waals surface area contributed by atoms with E-state index in [2.05, 4.69) is 5.32 Å². The first-order valence-electron chi connectivity index (χ1n) is 12.7. The predicted molar refractivity (Wildman–Crippen MR) is 157 cm³/mol. The number of hydrogen-bond donors (Lipinski definition) is 1. The second-order valence-electron chi connectivity index (χ2n) is 9.57. The minimum absolute atomic E-state index is 0.0571. The van der Waals surface area contributed by atoms with E-state index in [0.717, 1.165) is 16.1 Å². The smallest absolute Gasteiger partial charge is 0.244 e. The van der Waals surface area contributed by atoms with Gasteiger partial charge in [-0.25, -0.2) is 12.8 Å². The standard InChI is InChI=1S/C29H32Cl2FN3O4S/c1-4-20(2)33-29(37)27(14-21-8-6-5-7-9-21)34(18-22-10-12-25(32)13-11-22)28(36)19-35(40(3,38)39)26-16-23(30)15-24(31)17-26/h5-13,15-17,20,27H,4,14,18-19H2,1-3H3,(H,33,37)/t20-,27-/m1/s1. The fourth-order valence-electron chi connectivity index (χ4n) is 4.08. The molecule has 7 nitrogen and oxygen atoms in total. The van der Waals surface area contributed by atoms with Crippen molar-refractivity contribution in [1.29, 1.82) is 0 Å². The highest BCUT2D eigenvalue weighted by atomic mass is 35.5. The molecule has 3 aromatic carbocycles. The molecule has 2 atom stereocenters. The van der Waals surface area contributed by atoms with Gasteiger partial charge in [0.2, 0.25) is 21.8 Å². The number of hydrogen-bond acceptors (Lipinski definition) is 4. The Balaban J connectivity index is 2.07. The summed E-state index contributed by atoms with van der Waals surface area (Å²) >= 11 is 12.2. The topological polar surface area (TPSA) is 86.8 Å². The van der Waals surface area contributed by atoms with Crippen LogP contribution in [0.2, 0.25) is 10.0 Å². The molecule has 0 radical (unpaired) electrons. The molecule has 0 bridgehead atoms. The number of halogens is 3. The van der Waals surface area contributed by atoms with Gasteiger partial charge in [0.15, 0.2) is 0 Å². The molecule has 0 fully saturated rings. The second-order valence-corrected chi connectivity index (χ2v) is 12.3. The van der Waals surface area contributed by atoms with Gasteiger partial charge in [0, 0.05) is 29.1 Å². The van der Waals surface area contributed by atoms with E-state index in [0.29, 0.717) is 12.0 Å². The van der Waals surface area contributed by atoms with Gasteiger partial charge in [-0.3, -0.25) is 13.9 Å². The van der Waals surface area contributed by atoms with Gasteiger partial charge >= 0.3 is 0 Å². The van der Waals surface area contributed by atoms with Gasteiger partial charge in [-0.15, -0.1) is 0 Å². The zero-order valence-electron chi connectivity index (χ0n) is 22.5. The zero-order chi connectivity index (χ0) is 29.4. The number of carbonyl (C=O) groups excluding carboxylic acids is 2. The summed E-state index contributed by atoms with van der Waals surface area (Å²) < 4.78 is 40.2. The second kappa shape index (κ2) is 14.0. The molecule has 0 heterocycles. The summed E-state index contributed by atoms with van der Waals surface area (Å²) in [7, 11) is -3.97. The largest absolute Gasteiger partial charge is 0.352 e. The molecule has 0 saturated heterocycles. The Hall–Kier alpha value is -3.14. The van der Waals surface area contributed by atoms with E-state index in [9.17, 15) is 22.4 Å².